The summed E-state index contributed by atoms with van der Waals surface area (Å²) in [5.74, 6) is 0.439. The van der Waals surface area contributed by atoms with Crippen LogP contribution in [0, 0.1) is 12.8 Å². The van der Waals surface area contributed by atoms with E-state index >= 15 is 0 Å². The van der Waals surface area contributed by atoms with E-state index in [2.05, 4.69) is 13.0 Å². The van der Waals surface area contributed by atoms with Crippen molar-refractivity contribution in [2.45, 2.75) is 44.6 Å². The molecule has 0 amide bonds. The number of benzene rings is 2. The van der Waals surface area contributed by atoms with Gasteiger partial charge in [-0.1, -0.05) is 66.6 Å². The molecule has 2 aromatic rings. The third-order valence-corrected chi connectivity index (χ3v) is 7.25. The van der Waals surface area contributed by atoms with Gasteiger partial charge in [-0.3, -0.25) is 0 Å². The minimum Gasteiger partial charge on any atom is -0.207 e. The van der Waals surface area contributed by atoms with Gasteiger partial charge in [-0.25, -0.2) is 8.42 Å². The Bertz CT molecular complexity index is 870. The second-order valence-corrected chi connectivity index (χ2v) is 9.10. The maximum absolute atomic E-state index is 13.5. The molecule has 2 aromatic carbocycles. The van der Waals surface area contributed by atoms with Crippen LogP contribution in [0.25, 0.3) is 0 Å². The maximum atomic E-state index is 13.5. The van der Waals surface area contributed by atoms with Crippen molar-refractivity contribution in [2.75, 3.05) is 6.54 Å². The van der Waals surface area contributed by atoms with Crippen LogP contribution in [0.15, 0.2) is 71.1 Å². The van der Waals surface area contributed by atoms with E-state index in [9.17, 15) is 8.42 Å². The molecule has 26 heavy (non-hydrogen) atoms. The fourth-order valence-corrected chi connectivity index (χ4v) is 5.09. The molecule has 1 aliphatic rings. The van der Waals surface area contributed by atoms with Crippen molar-refractivity contribution in [1.29, 1.82) is 0 Å². The molecule has 0 heterocycles. The van der Waals surface area contributed by atoms with Crippen LogP contribution in [0.4, 0.5) is 0 Å². The number of hydrogen-bond acceptors (Lipinski definition) is 2. The Morgan fingerprint density at radius 3 is 2.31 bits per heavy atom. The highest BCUT2D eigenvalue weighted by atomic mass is 32.2. The summed E-state index contributed by atoms with van der Waals surface area (Å²) in [7, 11) is -3.58. The number of sulfonamides is 1. The smallest absolute Gasteiger partial charge is 0.207 e. The lowest BCUT2D eigenvalue weighted by atomic mass is 10.0. The molecule has 0 fully saturated rings. The zero-order valence-electron chi connectivity index (χ0n) is 15.7. The van der Waals surface area contributed by atoms with Crippen molar-refractivity contribution in [1.82, 2.24) is 4.31 Å². The van der Waals surface area contributed by atoms with Gasteiger partial charge in [0.05, 0.1) is 4.90 Å². The molecule has 0 saturated carbocycles. The standard InChI is InChI=1S/C22H27NO2S/c1-17-12-14-22(15-13-17)26(24,25)23(16-21-11-7-8-18(21)2)19(3)20-9-5-4-6-10-20/h4-6,9-15,18-19H,7-8,16H2,1-3H3/t18-,19+/m1/s1. The predicted molar refractivity (Wildman–Crippen MR) is 106 cm³/mol. The third kappa shape index (κ3) is 3.92. The van der Waals surface area contributed by atoms with Gasteiger partial charge in [0.15, 0.2) is 0 Å². The predicted octanol–water partition coefficient (Wildman–Crippen LogP) is 5.10. The molecule has 0 radical (unpaired) electrons. The molecular formula is C22H27NO2S. The highest BCUT2D eigenvalue weighted by Crippen LogP contribution is 2.33. The first-order chi connectivity index (χ1) is 12.4. The van der Waals surface area contributed by atoms with E-state index in [1.54, 1.807) is 16.4 Å². The molecule has 0 aliphatic heterocycles. The Hall–Kier alpha value is -1.91. The molecule has 3 rings (SSSR count). The fourth-order valence-electron chi connectivity index (χ4n) is 3.48. The summed E-state index contributed by atoms with van der Waals surface area (Å²) >= 11 is 0. The molecular weight excluding hydrogens is 342 g/mol. The molecule has 2 atom stereocenters. The first kappa shape index (κ1) is 18.9. The van der Waals surface area contributed by atoms with Crippen LogP contribution in [0.3, 0.4) is 0 Å². The molecule has 4 heteroatoms. The largest absolute Gasteiger partial charge is 0.243 e. The number of allylic oxidation sites excluding steroid dienone is 1. The Morgan fingerprint density at radius 2 is 1.73 bits per heavy atom. The Balaban J connectivity index is 2.00. The van der Waals surface area contributed by atoms with Gasteiger partial charge < -0.3 is 0 Å². The van der Waals surface area contributed by atoms with Crippen LogP contribution in [-0.4, -0.2) is 19.3 Å². The molecule has 0 saturated heterocycles. The van der Waals surface area contributed by atoms with Crippen LogP contribution < -0.4 is 0 Å². The summed E-state index contributed by atoms with van der Waals surface area (Å²) in [6.45, 7) is 6.57. The van der Waals surface area contributed by atoms with E-state index in [0.29, 0.717) is 17.4 Å². The van der Waals surface area contributed by atoms with E-state index < -0.39 is 10.0 Å². The lowest BCUT2D eigenvalue weighted by molar-refractivity contribution is 0.356. The quantitative estimate of drug-likeness (QED) is 0.664. The average molecular weight is 370 g/mol. The molecule has 0 aromatic heterocycles. The van der Waals surface area contributed by atoms with Gasteiger partial charge in [0, 0.05) is 12.6 Å². The van der Waals surface area contributed by atoms with E-state index in [-0.39, 0.29) is 6.04 Å². The van der Waals surface area contributed by atoms with Gasteiger partial charge in [-0.05, 0) is 50.3 Å². The lowest BCUT2D eigenvalue weighted by Crippen LogP contribution is -2.35. The highest BCUT2D eigenvalue weighted by molar-refractivity contribution is 7.89. The molecule has 3 nitrogen and oxygen atoms in total. The first-order valence-corrected chi connectivity index (χ1v) is 10.7. The van der Waals surface area contributed by atoms with Crippen molar-refractivity contribution in [3.8, 4) is 0 Å². The number of hydrogen-bond donors (Lipinski definition) is 0. The second kappa shape index (κ2) is 7.77. The summed E-state index contributed by atoms with van der Waals surface area (Å²) in [4.78, 5) is 0.358. The van der Waals surface area contributed by atoms with Gasteiger partial charge >= 0.3 is 0 Å². The molecule has 1 aliphatic carbocycles. The summed E-state index contributed by atoms with van der Waals surface area (Å²) in [6.07, 6.45) is 4.35. The van der Waals surface area contributed by atoms with Crippen LogP contribution in [-0.2, 0) is 10.0 Å². The Kier molecular flexibility index (Phi) is 5.64. The summed E-state index contributed by atoms with van der Waals surface area (Å²) in [5, 5.41) is 0. The van der Waals surface area contributed by atoms with E-state index in [1.165, 1.54) is 5.57 Å². The van der Waals surface area contributed by atoms with E-state index in [1.807, 2.05) is 56.3 Å². The average Bonchev–Trinajstić information content (AvgIpc) is 3.05. The van der Waals surface area contributed by atoms with Crippen LogP contribution >= 0.6 is 0 Å². The van der Waals surface area contributed by atoms with Crippen LogP contribution in [0.2, 0.25) is 0 Å². The lowest BCUT2D eigenvalue weighted by Gasteiger charge is -2.30. The van der Waals surface area contributed by atoms with E-state index in [4.69, 9.17) is 0 Å². The summed E-state index contributed by atoms with van der Waals surface area (Å²) in [6, 6.07) is 16.8. The number of aryl methyl sites for hydroxylation is 1. The van der Waals surface area contributed by atoms with Crippen LogP contribution in [0.1, 0.15) is 43.9 Å². The Labute approximate surface area is 157 Å². The summed E-state index contributed by atoms with van der Waals surface area (Å²) < 4.78 is 28.6. The minimum absolute atomic E-state index is 0.226. The molecule has 0 unspecified atom stereocenters. The number of nitrogens with zero attached hydrogens (tertiary/aromatic N) is 1. The molecule has 0 spiro atoms. The summed E-state index contributed by atoms with van der Waals surface area (Å²) in [5.41, 5.74) is 3.29. The molecule has 0 bridgehead atoms. The fraction of sp³-hybridized carbons (Fsp3) is 0.364. The van der Waals surface area contributed by atoms with Crippen molar-refractivity contribution < 1.29 is 8.42 Å². The van der Waals surface area contributed by atoms with Crippen molar-refractivity contribution in [3.05, 3.63) is 77.4 Å². The van der Waals surface area contributed by atoms with Gasteiger partial charge in [0.1, 0.15) is 0 Å². The van der Waals surface area contributed by atoms with Crippen molar-refractivity contribution in [3.63, 3.8) is 0 Å². The zero-order chi connectivity index (χ0) is 18.7. The normalized spacial score (nSPS) is 18.8. The Morgan fingerprint density at radius 1 is 1.08 bits per heavy atom. The second-order valence-electron chi connectivity index (χ2n) is 7.21. The number of rotatable bonds is 6. The van der Waals surface area contributed by atoms with Gasteiger partial charge in [0.25, 0.3) is 0 Å². The van der Waals surface area contributed by atoms with Crippen LogP contribution in [0.5, 0.6) is 0 Å². The van der Waals surface area contributed by atoms with Gasteiger partial charge in [-0.2, -0.15) is 4.31 Å². The van der Waals surface area contributed by atoms with Crippen molar-refractivity contribution in [2.24, 2.45) is 5.92 Å². The SMILES string of the molecule is Cc1ccc(S(=O)(=O)N(CC2=CCC[C@H]2C)[C@@H](C)c2ccccc2)cc1. The van der Waals surface area contributed by atoms with E-state index in [0.717, 1.165) is 24.0 Å². The highest BCUT2D eigenvalue weighted by Gasteiger charge is 2.32. The monoisotopic (exact) mass is 369 g/mol. The first-order valence-electron chi connectivity index (χ1n) is 9.22. The topological polar surface area (TPSA) is 37.4 Å². The third-order valence-electron chi connectivity index (χ3n) is 5.32. The van der Waals surface area contributed by atoms with Gasteiger partial charge in [-0.15, -0.1) is 0 Å². The minimum atomic E-state index is -3.58. The molecule has 0 N–H and O–H groups in total. The zero-order valence-corrected chi connectivity index (χ0v) is 16.5. The van der Waals surface area contributed by atoms with Crippen molar-refractivity contribution >= 4 is 10.0 Å². The maximum Gasteiger partial charge on any atom is 0.243 e. The van der Waals surface area contributed by atoms with Gasteiger partial charge in [0.2, 0.25) is 10.0 Å². The molecule has 138 valence electrons.